The summed E-state index contributed by atoms with van der Waals surface area (Å²) in [7, 11) is 2.87. The first-order valence-corrected chi connectivity index (χ1v) is 7.33. The van der Waals surface area contributed by atoms with E-state index >= 15 is 0 Å². The third-order valence-electron chi connectivity index (χ3n) is 3.51. The maximum absolute atomic E-state index is 12.3. The first-order chi connectivity index (χ1) is 12.4. The molecule has 0 aromatic heterocycles. The summed E-state index contributed by atoms with van der Waals surface area (Å²) in [5.74, 6) is -0.602. The Kier molecular flexibility index (Phi) is 5.74. The average Bonchev–Trinajstić information content (AvgIpc) is 2.65. The summed E-state index contributed by atoms with van der Waals surface area (Å²) in [6.45, 7) is -0.556. The number of nitrogens with zero attached hydrogens (tertiary/aromatic N) is 1. The predicted molar refractivity (Wildman–Crippen MR) is 91.7 cm³/mol. The highest BCUT2D eigenvalue weighted by Crippen LogP contribution is 2.25. The van der Waals surface area contributed by atoms with Gasteiger partial charge in [0.15, 0.2) is 6.61 Å². The molecule has 0 saturated carbocycles. The van der Waals surface area contributed by atoms with Gasteiger partial charge in [-0.25, -0.2) is 4.79 Å². The molecule has 2 aromatic carbocycles. The van der Waals surface area contributed by atoms with Crippen molar-refractivity contribution in [2.45, 2.75) is 0 Å². The lowest BCUT2D eigenvalue weighted by molar-refractivity contribution is -0.383. The molecule has 0 saturated heterocycles. The number of carbonyl (C=O) groups excluding carboxylic acids is 2. The van der Waals surface area contributed by atoms with Crippen LogP contribution in [0, 0.1) is 10.1 Å². The van der Waals surface area contributed by atoms with E-state index in [4.69, 9.17) is 19.9 Å². The van der Waals surface area contributed by atoms with Gasteiger partial charge < -0.3 is 19.9 Å². The van der Waals surface area contributed by atoms with Gasteiger partial charge >= 0.3 is 5.97 Å². The molecule has 0 aliphatic rings. The smallest absolute Gasteiger partial charge is 0.338 e. The van der Waals surface area contributed by atoms with Crippen LogP contribution in [0.25, 0.3) is 0 Å². The van der Waals surface area contributed by atoms with Crippen LogP contribution in [0.5, 0.6) is 11.5 Å². The topological polar surface area (TPSA) is 131 Å². The number of nitro groups is 1. The summed E-state index contributed by atoms with van der Waals surface area (Å²) in [6.07, 6.45) is 0. The van der Waals surface area contributed by atoms with Crippen LogP contribution in [-0.2, 0) is 4.74 Å². The second kappa shape index (κ2) is 7.97. The van der Waals surface area contributed by atoms with Crippen molar-refractivity contribution in [3.63, 3.8) is 0 Å². The van der Waals surface area contributed by atoms with Gasteiger partial charge in [0.05, 0.1) is 30.3 Å². The molecule has 9 heteroatoms. The zero-order valence-corrected chi connectivity index (χ0v) is 14.1. The Morgan fingerprint density at radius 1 is 1.12 bits per heavy atom. The van der Waals surface area contributed by atoms with Gasteiger partial charge in [0.2, 0.25) is 5.78 Å². The van der Waals surface area contributed by atoms with E-state index in [0.29, 0.717) is 5.75 Å². The van der Waals surface area contributed by atoms with Crippen LogP contribution in [0.1, 0.15) is 20.7 Å². The van der Waals surface area contributed by atoms with E-state index in [-0.39, 0.29) is 22.6 Å². The molecule has 0 fully saturated rings. The fourth-order valence-corrected chi connectivity index (χ4v) is 2.15. The third-order valence-corrected chi connectivity index (χ3v) is 3.51. The fraction of sp³-hybridized carbons (Fsp3) is 0.176. The number of anilines is 1. The van der Waals surface area contributed by atoms with Gasteiger partial charge in [-0.1, -0.05) is 0 Å². The van der Waals surface area contributed by atoms with E-state index in [1.54, 1.807) is 6.07 Å². The molecule has 9 nitrogen and oxygen atoms in total. The van der Waals surface area contributed by atoms with Crippen molar-refractivity contribution in [1.82, 2.24) is 0 Å². The molecule has 0 aliphatic heterocycles. The molecule has 26 heavy (non-hydrogen) atoms. The van der Waals surface area contributed by atoms with Crippen LogP contribution in [0.3, 0.4) is 0 Å². The molecule has 0 bridgehead atoms. The van der Waals surface area contributed by atoms with E-state index in [9.17, 15) is 19.7 Å². The van der Waals surface area contributed by atoms with Crippen molar-refractivity contribution in [1.29, 1.82) is 0 Å². The SMILES string of the molecule is COc1ccc(C(=O)COC(=O)c2ccc(N)c([N+](=O)[O-])c2)c(OC)c1. The molecule has 136 valence electrons. The van der Waals surface area contributed by atoms with Gasteiger partial charge in [0.1, 0.15) is 17.2 Å². The van der Waals surface area contributed by atoms with Gasteiger partial charge in [-0.15, -0.1) is 0 Å². The molecule has 0 radical (unpaired) electrons. The van der Waals surface area contributed by atoms with E-state index in [0.717, 1.165) is 6.07 Å². The number of esters is 1. The minimum Gasteiger partial charge on any atom is -0.497 e. The summed E-state index contributed by atoms with van der Waals surface area (Å²) < 4.78 is 15.1. The van der Waals surface area contributed by atoms with Crippen molar-refractivity contribution < 1.29 is 28.7 Å². The Labute approximate surface area is 148 Å². The summed E-state index contributed by atoms with van der Waals surface area (Å²) >= 11 is 0. The molecule has 0 atom stereocenters. The Bertz CT molecular complexity index is 864. The first-order valence-electron chi connectivity index (χ1n) is 7.33. The number of carbonyl (C=O) groups is 2. The number of nitrogens with two attached hydrogens (primary N) is 1. The normalized spacial score (nSPS) is 10.1. The number of hydrogen-bond acceptors (Lipinski definition) is 8. The van der Waals surface area contributed by atoms with Crippen LogP contribution < -0.4 is 15.2 Å². The van der Waals surface area contributed by atoms with Gasteiger partial charge in [-0.05, 0) is 24.3 Å². The zero-order chi connectivity index (χ0) is 19.3. The Balaban J connectivity index is 2.11. The fourth-order valence-electron chi connectivity index (χ4n) is 2.15. The number of ether oxygens (including phenoxy) is 3. The predicted octanol–water partition coefficient (Wildman–Crippen LogP) is 2.23. The highest BCUT2D eigenvalue weighted by atomic mass is 16.6. The molecule has 2 aromatic rings. The van der Waals surface area contributed by atoms with Crippen molar-refractivity contribution in [3.8, 4) is 11.5 Å². The average molecular weight is 360 g/mol. The van der Waals surface area contributed by atoms with E-state index in [1.165, 1.54) is 38.5 Å². The van der Waals surface area contributed by atoms with E-state index in [1.807, 2.05) is 0 Å². The lowest BCUT2D eigenvalue weighted by atomic mass is 10.1. The summed E-state index contributed by atoms with van der Waals surface area (Å²) in [4.78, 5) is 34.5. The van der Waals surface area contributed by atoms with Crippen LogP contribution in [0.2, 0.25) is 0 Å². The Morgan fingerprint density at radius 3 is 2.46 bits per heavy atom. The second-order valence-corrected chi connectivity index (χ2v) is 5.10. The largest absolute Gasteiger partial charge is 0.497 e. The molecule has 0 aliphatic carbocycles. The Morgan fingerprint density at radius 2 is 1.85 bits per heavy atom. The first kappa shape index (κ1) is 18.7. The van der Waals surface area contributed by atoms with Crippen molar-refractivity contribution in [3.05, 3.63) is 57.6 Å². The quantitative estimate of drug-likeness (QED) is 0.261. The van der Waals surface area contributed by atoms with Crippen LogP contribution >= 0.6 is 0 Å². The molecule has 0 unspecified atom stereocenters. The number of nitrogen functional groups attached to an aromatic ring is 1. The minimum absolute atomic E-state index is 0.0782. The van der Waals surface area contributed by atoms with Crippen LogP contribution in [0.4, 0.5) is 11.4 Å². The molecule has 2 rings (SSSR count). The highest BCUT2D eigenvalue weighted by molar-refractivity contribution is 6.01. The molecular weight excluding hydrogens is 344 g/mol. The second-order valence-electron chi connectivity index (χ2n) is 5.10. The maximum atomic E-state index is 12.3. The number of methoxy groups -OCH3 is 2. The number of nitro benzene ring substituents is 1. The van der Waals surface area contributed by atoms with Gasteiger partial charge in [-0.3, -0.25) is 14.9 Å². The lowest BCUT2D eigenvalue weighted by Gasteiger charge is -2.10. The van der Waals surface area contributed by atoms with Crippen molar-refractivity contribution >= 4 is 23.1 Å². The summed E-state index contributed by atoms with van der Waals surface area (Å²) in [6, 6.07) is 8.09. The molecule has 0 heterocycles. The van der Waals surface area contributed by atoms with Crippen molar-refractivity contribution in [2.24, 2.45) is 0 Å². The third kappa shape index (κ3) is 4.07. The summed E-state index contributed by atoms with van der Waals surface area (Å²) in [5.41, 5.74) is 5.11. The van der Waals surface area contributed by atoms with Gasteiger partial charge in [0, 0.05) is 12.1 Å². The van der Waals surface area contributed by atoms with Crippen LogP contribution in [0.15, 0.2) is 36.4 Å². The lowest BCUT2D eigenvalue weighted by Crippen LogP contribution is -2.15. The number of hydrogen-bond donors (Lipinski definition) is 1. The van der Waals surface area contributed by atoms with Crippen LogP contribution in [-0.4, -0.2) is 37.5 Å². The monoisotopic (exact) mass is 360 g/mol. The maximum Gasteiger partial charge on any atom is 0.338 e. The summed E-state index contributed by atoms with van der Waals surface area (Å²) in [5, 5.41) is 10.9. The molecule has 2 N–H and O–H groups in total. The molecule has 0 spiro atoms. The van der Waals surface area contributed by atoms with Gasteiger partial charge in [0.25, 0.3) is 5.69 Å². The number of Topliss-reactive ketones (excluding diaryl/α,β-unsaturated/α-hetero) is 1. The number of ketones is 1. The van der Waals surface area contributed by atoms with Gasteiger partial charge in [-0.2, -0.15) is 0 Å². The highest BCUT2D eigenvalue weighted by Gasteiger charge is 2.19. The van der Waals surface area contributed by atoms with Crippen molar-refractivity contribution in [2.75, 3.05) is 26.6 Å². The van der Waals surface area contributed by atoms with E-state index in [2.05, 4.69) is 0 Å². The number of rotatable bonds is 7. The Hall–Kier alpha value is -3.62. The standard InChI is InChI=1S/C17H16N2O7/c1-24-11-4-5-12(16(8-11)25-2)15(20)9-26-17(21)10-3-6-13(18)14(7-10)19(22)23/h3-8H,9,18H2,1-2H3. The zero-order valence-electron chi connectivity index (χ0n) is 14.1. The molecular formula is C17H16N2O7. The number of benzene rings is 2. The van der Waals surface area contributed by atoms with E-state index < -0.39 is 29.0 Å². The minimum atomic E-state index is -0.881. The molecule has 0 amide bonds.